The minimum absolute atomic E-state index is 0.238. The van der Waals surface area contributed by atoms with Crippen molar-refractivity contribution in [1.82, 2.24) is 4.90 Å². The Hall–Kier alpha value is -4.61. The summed E-state index contributed by atoms with van der Waals surface area (Å²) in [7, 11) is 0. The average molecular weight is 650 g/mol. The number of anilines is 1. The van der Waals surface area contributed by atoms with E-state index in [1.54, 1.807) is 0 Å². The third-order valence-corrected chi connectivity index (χ3v) is 10.2. The van der Waals surface area contributed by atoms with E-state index in [1.165, 1.54) is 39.4 Å². The van der Waals surface area contributed by atoms with Gasteiger partial charge in [-0.05, 0) is 101 Å². The van der Waals surface area contributed by atoms with Crippen molar-refractivity contribution in [3.05, 3.63) is 180 Å². The van der Waals surface area contributed by atoms with Gasteiger partial charge in [-0.1, -0.05) is 111 Å². The average Bonchev–Trinajstić information content (AvgIpc) is 3.13. The van der Waals surface area contributed by atoms with Crippen LogP contribution in [-0.2, 0) is 0 Å². The Morgan fingerprint density at radius 1 is 0.939 bits per heavy atom. The van der Waals surface area contributed by atoms with E-state index in [0.717, 1.165) is 68.2 Å². The van der Waals surface area contributed by atoms with Gasteiger partial charge in [-0.15, -0.1) is 18.7 Å². The van der Waals surface area contributed by atoms with Crippen molar-refractivity contribution in [2.75, 3.05) is 4.90 Å². The first-order valence-electron chi connectivity index (χ1n) is 18.1. The van der Waals surface area contributed by atoms with Crippen LogP contribution in [0, 0.1) is 24.5 Å². The normalized spacial score (nSPS) is 20.3. The summed E-state index contributed by atoms with van der Waals surface area (Å²) in [5, 5.41) is 0. The van der Waals surface area contributed by atoms with Crippen LogP contribution in [0.5, 0.6) is 0 Å². The molecule has 256 valence electrons. The summed E-state index contributed by atoms with van der Waals surface area (Å²) >= 11 is 0. The van der Waals surface area contributed by atoms with Crippen LogP contribution in [0.1, 0.15) is 86.0 Å². The summed E-state index contributed by atoms with van der Waals surface area (Å²) in [5.74, 6) is 0.457. The molecule has 4 rings (SSSR count). The topological polar surface area (TPSA) is 6.48 Å². The first kappa shape index (κ1) is 37.2. The Bertz CT molecular complexity index is 1610. The highest BCUT2D eigenvalue weighted by Crippen LogP contribution is 2.36. The van der Waals surface area contributed by atoms with Gasteiger partial charge in [-0.2, -0.15) is 0 Å². The number of nitrogens with zero attached hydrogens (tertiary/aromatic N) is 2. The van der Waals surface area contributed by atoms with E-state index in [-0.39, 0.29) is 12.1 Å². The minimum atomic E-state index is 0.238. The summed E-state index contributed by atoms with van der Waals surface area (Å²) in [6, 6.07) is 12.7. The summed E-state index contributed by atoms with van der Waals surface area (Å²) < 4.78 is 0. The van der Waals surface area contributed by atoms with Crippen molar-refractivity contribution in [2.45, 2.75) is 98.1 Å². The second-order valence-electron chi connectivity index (χ2n) is 13.6. The van der Waals surface area contributed by atoms with Crippen LogP contribution >= 0.6 is 0 Å². The molecule has 0 radical (unpaired) electrons. The maximum absolute atomic E-state index is 4.42. The standard InChI is InChI=1S/C47H57N2/c1-10-37(6)40(9)49(44-19-14-13-15-20-44)46-33-29-42(30-34-46)26-24-36(5)22-21-35(4)23-25-41-27-31-45(32-28-41)48(39(8)11-2)47-38(7)17-16-18-43(47)12-3/h11,14,16-20,23-27,29,31,33,39,43,47H,2,4-5,7,10,12,21-22,28,30,32,34H2,1,3,6,8-9H3/q-1/b25-23+,26-24+,40-37-. The van der Waals surface area contributed by atoms with Gasteiger partial charge in [0.15, 0.2) is 0 Å². The van der Waals surface area contributed by atoms with Gasteiger partial charge >= 0.3 is 0 Å². The van der Waals surface area contributed by atoms with E-state index in [9.17, 15) is 0 Å². The highest BCUT2D eigenvalue weighted by atomic mass is 15.2. The molecule has 3 unspecified atom stereocenters. The van der Waals surface area contributed by atoms with E-state index in [2.05, 4.69) is 162 Å². The number of hydrogen-bond donors (Lipinski definition) is 0. The molecule has 0 aromatic heterocycles. The highest BCUT2D eigenvalue weighted by molar-refractivity contribution is 5.59. The molecular formula is C47H57N2-. The fraction of sp³-hybridized carbons (Fsp3) is 0.340. The number of allylic oxidation sites excluding steroid dienone is 17. The van der Waals surface area contributed by atoms with E-state index < -0.39 is 0 Å². The summed E-state index contributed by atoms with van der Waals surface area (Å²) in [6.07, 6.45) is 34.6. The molecule has 0 spiro atoms. The molecule has 3 aliphatic carbocycles. The Kier molecular flexibility index (Phi) is 13.8. The van der Waals surface area contributed by atoms with Gasteiger partial charge in [0.25, 0.3) is 0 Å². The zero-order chi connectivity index (χ0) is 35.3. The predicted molar refractivity (Wildman–Crippen MR) is 213 cm³/mol. The van der Waals surface area contributed by atoms with E-state index in [4.69, 9.17) is 0 Å². The van der Waals surface area contributed by atoms with Crippen LogP contribution < -0.4 is 4.90 Å². The molecule has 0 heterocycles. The maximum Gasteiger partial charge on any atom is 0.0544 e. The molecule has 0 bridgehead atoms. The lowest BCUT2D eigenvalue weighted by molar-refractivity contribution is 0.195. The quantitative estimate of drug-likeness (QED) is 0.0999. The monoisotopic (exact) mass is 649 g/mol. The lowest BCUT2D eigenvalue weighted by Gasteiger charge is -2.48. The third kappa shape index (κ3) is 9.96. The SMILES string of the molecule is C=CC(C)N(C1=CC=C(/C=C/C(=C)CCC(=C)/C=C/C2=CC=C(N(/C(C)=C(/C)CC)c3cc#ccc3)CC2)CC1)C1C(=C)C=C[CH-]C1CC. The van der Waals surface area contributed by atoms with E-state index in [1.807, 2.05) is 12.1 Å². The van der Waals surface area contributed by atoms with Crippen molar-refractivity contribution in [1.29, 1.82) is 0 Å². The van der Waals surface area contributed by atoms with Crippen molar-refractivity contribution in [3.63, 3.8) is 0 Å². The molecule has 0 N–H and O–H groups in total. The molecule has 0 saturated heterocycles. The lowest BCUT2D eigenvalue weighted by Crippen LogP contribution is -2.46. The van der Waals surface area contributed by atoms with Crippen molar-refractivity contribution < 1.29 is 0 Å². The van der Waals surface area contributed by atoms with Crippen LogP contribution in [0.4, 0.5) is 5.69 Å². The van der Waals surface area contributed by atoms with E-state index in [0.29, 0.717) is 5.92 Å². The number of rotatable bonds is 16. The lowest BCUT2D eigenvalue weighted by atomic mass is 9.81. The van der Waals surface area contributed by atoms with Gasteiger partial charge in [0, 0.05) is 35.2 Å². The predicted octanol–water partition coefficient (Wildman–Crippen LogP) is 12.6. The second-order valence-corrected chi connectivity index (χ2v) is 13.6. The van der Waals surface area contributed by atoms with Gasteiger partial charge in [0.05, 0.1) is 5.69 Å². The summed E-state index contributed by atoms with van der Waals surface area (Å²) in [5.41, 5.74) is 12.6. The molecule has 49 heavy (non-hydrogen) atoms. The van der Waals surface area contributed by atoms with Crippen LogP contribution in [0.2, 0.25) is 0 Å². The van der Waals surface area contributed by atoms with Gasteiger partial charge < -0.3 is 9.80 Å². The molecule has 0 amide bonds. The fourth-order valence-corrected chi connectivity index (χ4v) is 6.75. The Morgan fingerprint density at radius 3 is 2.08 bits per heavy atom. The smallest absolute Gasteiger partial charge is 0.0544 e. The van der Waals surface area contributed by atoms with Crippen LogP contribution in [-0.4, -0.2) is 17.0 Å². The molecule has 3 atom stereocenters. The minimum Gasteiger partial charge on any atom is -0.364 e. The molecule has 2 heteroatoms. The molecule has 2 nitrogen and oxygen atoms in total. The largest absolute Gasteiger partial charge is 0.364 e. The molecule has 1 aromatic carbocycles. The molecule has 1 aromatic rings. The third-order valence-electron chi connectivity index (χ3n) is 10.2. The summed E-state index contributed by atoms with van der Waals surface area (Å²) in [6.45, 7) is 28.4. The first-order chi connectivity index (χ1) is 23.7. The zero-order valence-electron chi connectivity index (χ0n) is 30.8. The van der Waals surface area contributed by atoms with Crippen LogP contribution in [0.15, 0.2) is 162 Å². The zero-order valence-corrected chi connectivity index (χ0v) is 30.8. The van der Waals surface area contributed by atoms with Crippen LogP contribution in [0.25, 0.3) is 0 Å². The summed E-state index contributed by atoms with van der Waals surface area (Å²) in [4.78, 5) is 4.92. The highest BCUT2D eigenvalue weighted by Gasteiger charge is 2.29. The van der Waals surface area contributed by atoms with Gasteiger partial charge in [-0.25, -0.2) is 18.6 Å². The van der Waals surface area contributed by atoms with Gasteiger partial charge in [0.2, 0.25) is 0 Å². The fourth-order valence-electron chi connectivity index (χ4n) is 6.75. The van der Waals surface area contributed by atoms with E-state index >= 15 is 0 Å². The molecule has 0 fully saturated rings. The van der Waals surface area contributed by atoms with Gasteiger partial charge in [0.1, 0.15) is 0 Å². The molecule has 0 saturated carbocycles. The number of hydrogen-bond acceptors (Lipinski definition) is 2. The second kappa shape index (κ2) is 18.2. The molecule has 3 aliphatic rings. The van der Waals surface area contributed by atoms with Crippen LogP contribution in [0.3, 0.4) is 0 Å². The van der Waals surface area contributed by atoms with Crippen molar-refractivity contribution in [3.8, 4) is 0 Å². The van der Waals surface area contributed by atoms with Gasteiger partial charge in [-0.3, -0.25) is 0 Å². The Balaban J connectivity index is 1.32. The van der Waals surface area contributed by atoms with Crippen molar-refractivity contribution >= 4 is 5.69 Å². The maximum atomic E-state index is 4.42. The molecule has 0 aliphatic heterocycles. The Labute approximate surface area is 299 Å². The first-order valence-corrected chi connectivity index (χ1v) is 18.1. The molecular weight excluding hydrogens is 593 g/mol. The Morgan fingerprint density at radius 2 is 1.57 bits per heavy atom. The van der Waals surface area contributed by atoms with Crippen molar-refractivity contribution in [2.24, 2.45) is 5.92 Å².